The van der Waals surface area contributed by atoms with Crippen molar-refractivity contribution in [2.75, 3.05) is 0 Å². The van der Waals surface area contributed by atoms with E-state index in [0.717, 1.165) is 18.4 Å². The van der Waals surface area contributed by atoms with Gasteiger partial charge in [-0.05, 0) is 35.7 Å². The van der Waals surface area contributed by atoms with Gasteiger partial charge in [0.15, 0.2) is 5.76 Å². The fourth-order valence-corrected chi connectivity index (χ4v) is 5.49. The largest absolute Gasteiger partial charge is 0.459 e. The number of carbonyl (C=O) groups excluding carboxylic acids is 1. The normalized spacial score (nSPS) is 13.6. The Hall–Kier alpha value is -1.21. The van der Waals surface area contributed by atoms with Gasteiger partial charge >= 0.3 is 22.0 Å². The monoisotopic (exact) mass is 561 g/mol. The molecule has 2 aromatic rings. The lowest BCUT2D eigenvalue weighted by molar-refractivity contribution is -0.0354. The van der Waals surface area contributed by atoms with Crippen LogP contribution in [0.5, 0.6) is 0 Å². The van der Waals surface area contributed by atoms with Crippen LogP contribution < -0.4 is 0 Å². The summed E-state index contributed by atoms with van der Waals surface area (Å²) in [6, 6.07) is 1.72. The molecule has 180 valence electrons. The van der Waals surface area contributed by atoms with Crippen LogP contribution in [0.15, 0.2) is 42.7 Å². The quantitative estimate of drug-likeness (QED) is 0.271. The second-order valence-electron chi connectivity index (χ2n) is 5.08. The van der Waals surface area contributed by atoms with Gasteiger partial charge in [-0.1, -0.05) is 0 Å². The number of carbonyl (C=O) groups is 1. The average Bonchev–Trinajstić information content (AvgIpc) is 3.13. The molecule has 0 aromatic carbocycles. The molecule has 0 fully saturated rings. The van der Waals surface area contributed by atoms with Crippen molar-refractivity contribution >= 4 is 53.0 Å². The topological polar surface area (TPSA) is 35.1 Å². The first kappa shape index (κ1) is 27.0. The third-order valence-corrected chi connectivity index (χ3v) is 6.47. The Kier molecular flexibility index (Phi) is 7.78. The summed E-state index contributed by atoms with van der Waals surface area (Å²) < 4.78 is 160. The van der Waals surface area contributed by atoms with Crippen LogP contribution in [0.3, 0.4) is 0 Å². The van der Waals surface area contributed by atoms with Crippen molar-refractivity contribution in [2.24, 2.45) is 0 Å². The molecule has 0 aliphatic heterocycles. The summed E-state index contributed by atoms with van der Waals surface area (Å²) in [5.41, 5.74) is -22.0. The highest BCUT2D eigenvalue weighted by atomic mass is 32.2. The van der Waals surface area contributed by atoms with E-state index >= 15 is 0 Å². The van der Waals surface area contributed by atoms with E-state index in [-0.39, 0.29) is 0 Å². The summed E-state index contributed by atoms with van der Waals surface area (Å²) >= 11 is -5.98. The molecule has 2 heterocycles. The van der Waals surface area contributed by atoms with E-state index in [1.165, 1.54) is 0 Å². The highest BCUT2D eigenvalue weighted by Crippen LogP contribution is 2.58. The van der Waals surface area contributed by atoms with Crippen molar-refractivity contribution in [1.82, 2.24) is 4.57 Å². The molecule has 3 nitrogen and oxygen atoms in total. The molecule has 0 bridgehead atoms. The second-order valence-corrected chi connectivity index (χ2v) is 9.34. The molecule has 0 N–H and O–H groups in total. The highest BCUT2D eigenvalue weighted by molar-refractivity contribution is 8.05. The molecule has 0 unspecified atom stereocenters. The summed E-state index contributed by atoms with van der Waals surface area (Å²) in [4.78, 5) is 8.81. The van der Waals surface area contributed by atoms with E-state index in [1.54, 1.807) is 0 Å². The number of alkyl halides is 12. The number of rotatable bonds is 5. The Morgan fingerprint density at radius 3 is 1.34 bits per heavy atom. The number of furan rings is 1. The minimum atomic E-state index is -5.51. The zero-order valence-electron chi connectivity index (χ0n) is 14.2. The molecule has 19 heteroatoms. The Morgan fingerprint density at radius 2 is 1.06 bits per heavy atom. The molecule has 0 saturated heterocycles. The highest BCUT2D eigenvalue weighted by Gasteiger charge is 2.46. The number of hydrogen-bond donors (Lipinski definition) is 0. The molecule has 0 radical (unpaired) electrons. The van der Waals surface area contributed by atoms with Crippen molar-refractivity contribution in [3.8, 4) is 0 Å². The summed E-state index contributed by atoms with van der Waals surface area (Å²) in [6.07, 6.45) is 0.765. The maximum absolute atomic E-state index is 13.0. The first-order valence-electron chi connectivity index (χ1n) is 7.17. The molecule has 0 saturated carbocycles. The van der Waals surface area contributed by atoms with Gasteiger partial charge < -0.3 is 4.42 Å². The lowest BCUT2D eigenvalue weighted by atomic mass is 10.4. The summed E-state index contributed by atoms with van der Waals surface area (Å²) in [5, 5.41) is -3.67. The number of halogens is 12. The molecule has 0 atom stereocenters. The first-order chi connectivity index (χ1) is 14.3. The third kappa shape index (κ3) is 7.68. The van der Waals surface area contributed by atoms with Gasteiger partial charge in [0.1, 0.15) is 10.1 Å². The molecule has 2 aromatic heterocycles. The molecule has 0 aliphatic carbocycles. The zero-order chi connectivity index (χ0) is 24.7. The summed E-state index contributed by atoms with van der Waals surface area (Å²) in [7, 11) is 0. The summed E-state index contributed by atoms with van der Waals surface area (Å²) in [6.45, 7) is 0. The smallest absolute Gasteiger partial charge is 0.447 e. The SMILES string of the molecule is O=C(c1ccco1)n1c(SC(F)(F)F)c(SC(F)(F)F)c(SC(F)(F)F)c1SC(F)(F)F. The van der Waals surface area contributed by atoms with Crippen molar-refractivity contribution in [3.63, 3.8) is 0 Å². The van der Waals surface area contributed by atoms with Crippen molar-refractivity contribution in [2.45, 2.75) is 41.9 Å². The number of aromatic nitrogens is 1. The van der Waals surface area contributed by atoms with Gasteiger partial charge in [-0.15, -0.1) is 0 Å². The van der Waals surface area contributed by atoms with Gasteiger partial charge in [-0.25, -0.2) is 0 Å². The van der Waals surface area contributed by atoms with E-state index in [4.69, 9.17) is 0 Å². The van der Waals surface area contributed by atoms with Crippen LogP contribution in [-0.4, -0.2) is 32.5 Å². The Labute approximate surface area is 185 Å². The van der Waals surface area contributed by atoms with Crippen LogP contribution in [0.4, 0.5) is 52.7 Å². The minimum absolute atomic E-state index is 0.517. The maximum atomic E-state index is 13.0. The minimum Gasteiger partial charge on any atom is -0.459 e. The van der Waals surface area contributed by atoms with E-state index in [9.17, 15) is 57.5 Å². The fraction of sp³-hybridized carbons (Fsp3) is 0.308. The number of nitrogens with zero attached hydrogens (tertiary/aromatic N) is 1. The van der Waals surface area contributed by atoms with Gasteiger partial charge in [0.2, 0.25) is 0 Å². The van der Waals surface area contributed by atoms with Crippen LogP contribution in [0, 0.1) is 0 Å². The first-order valence-corrected chi connectivity index (χ1v) is 10.4. The van der Waals surface area contributed by atoms with Gasteiger partial charge in [0.25, 0.3) is 5.91 Å². The lowest BCUT2D eigenvalue weighted by Crippen LogP contribution is -2.17. The number of hydrogen-bond acceptors (Lipinski definition) is 6. The third-order valence-electron chi connectivity index (χ3n) is 2.80. The van der Waals surface area contributed by atoms with Gasteiger partial charge in [-0.3, -0.25) is 9.36 Å². The predicted molar refractivity (Wildman–Crippen MR) is 90.5 cm³/mol. The summed E-state index contributed by atoms with van der Waals surface area (Å²) in [5.74, 6) is -2.77. The standard InChI is InChI=1S/C13H3F12NO2S4/c14-10(15,16)29-5-6(30-11(17,18)19)9(32-13(23,24)25)26(8(5)31-12(20,21)22)7(27)4-2-1-3-28-4/h1-3H. The van der Waals surface area contributed by atoms with Crippen LogP contribution in [-0.2, 0) is 0 Å². The molecule has 32 heavy (non-hydrogen) atoms. The molecule has 2 rings (SSSR count). The van der Waals surface area contributed by atoms with Crippen LogP contribution in [0.1, 0.15) is 10.6 Å². The lowest BCUT2D eigenvalue weighted by Gasteiger charge is -2.13. The predicted octanol–water partition coefficient (Wildman–Crippen LogP) is 8.22. The second kappa shape index (κ2) is 9.21. The molecule has 0 aliphatic rings. The Bertz CT molecular complexity index is 903. The van der Waals surface area contributed by atoms with E-state index in [0.29, 0.717) is 0 Å². The van der Waals surface area contributed by atoms with Crippen LogP contribution >= 0.6 is 47.0 Å². The van der Waals surface area contributed by atoms with Gasteiger partial charge in [0, 0.05) is 23.5 Å². The molecule has 0 amide bonds. The van der Waals surface area contributed by atoms with Crippen LogP contribution in [0.2, 0.25) is 0 Å². The average molecular weight is 561 g/mol. The molecular formula is C13H3F12NO2S4. The van der Waals surface area contributed by atoms with Crippen molar-refractivity contribution in [1.29, 1.82) is 0 Å². The van der Waals surface area contributed by atoms with Crippen molar-refractivity contribution in [3.05, 3.63) is 24.2 Å². The van der Waals surface area contributed by atoms with Gasteiger partial charge in [-0.2, -0.15) is 52.7 Å². The molecule has 0 spiro atoms. The van der Waals surface area contributed by atoms with Crippen molar-refractivity contribution < 1.29 is 61.9 Å². The van der Waals surface area contributed by atoms with E-state index < -0.39 is 105 Å². The van der Waals surface area contributed by atoms with Gasteiger partial charge in [0.05, 0.1) is 16.1 Å². The van der Waals surface area contributed by atoms with Crippen LogP contribution in [0.25, 0.3) is 0 Å². The Balaban J connectivity index is 2.95. The number of thioether (sulfide) groups is 4. The fourth-order valence-electron chi connectivity index (χ4n) is 2.00. The molecular weight excluding hydrogens is 558 g/mol. The van der Waals surface area contributed by atoms with E-state index in [2.05, 4.69) is 4.42 Å². The Morgan fingerprint density at radius 1 is 0.688 bits per heavy atom. The van der Waals surface area contributed by atoms with E-state index in [1.807, 2.05) is 0 Å². The maximum Gasteiger partial charge on any atom is 0.447 e. The zero-order valence-corrected chi connectivity index (χ0v) is 17.4.